The summed E-state index contributed by atoms with van der Waals surface area (Å²) in [5.74, 6) is -0.435. The average Bonchev–Trinajstić information content (AvgIpc) is 2.36. The second-order valence-corrected chi connectivity index (χ2v) is 5.29. The molecule has 0 bridgehead atoms. The number of nitrogens with zero attached hydrogens (tertiary/aromatic N) is 2. The van der Waals surface area contributed by atoms with E-state index in [2.05, 4.69) is 16.7 Å². The first-order valence-corrected chi connectivity index (χ1v) is 6.95. The molecule has 0 radical (unpaired) electrons. The molecule has 0 spiro atoms. The van der Waals surface area contributed by atoms with E-state index in [1.165, 1.54) is 6.07 Å². The van der Waals surface area contributed by atoms with E-state index in [0.717, 1.165) is 37.7 Å². The van der Waals surface area contributed by atoms with Crippen molar-refractivity contribution in [1.82, 2.24) is 9.80 Å². The van der Waals surface area contributed by atoms with Gasteiger partial charge in [-0.25, -0.2) is 4.39 Å². The molecule has 1 aromatic carbocycles. The molecule has 0 heterocycles. The van der Waals surface area contributed by atoms with Crippen molar-refractivity contribution in [2.45, 2.75) is 19.9 Å². The zero-order valence-corrected chi connectivity index (χ0v) is 12.5. The van der Waals surface area contributed by atoms with E-state index in [-0.39, 0.29) is 5.46 Å². The lowest BCUT2D eigenvalue weighted by atomic mass is 9.79. The van der Waals surface area contributed by atoms with Gasteiger partial charge < -0.3 is 14.9 Å². The summed E-state index contributed by atoms with van der Waals surface area (Å²) >= 11 is 0. The first-order chi connectivity index (χ1) is 9.42. The molecule has 0 aliphatic carbocycles. The first kappa shape index (κ1) is 17.1. The Morgan fingerprint density at radius 3 is 2.40 bits per heavy atom. The van der Waals surface area contributed by atoms with E-state index < -0.39 is 12.9 Å². The van der Waals surface area contributed by atoms with Crippen LogP contribution in [0, 0.1) is 5.82 Å². The van der Waals surface area contributed by atoms with Crippen LogP contribution >= 0.6 is 0 Å². The zero-order chi connectivity index (χ0) is 15.1. The Labute approximate surface area is 121 Å². The third-order valence-electron chi connectivity index (χ3n) is 3.21. The molecular formula is C14H24BFN2O2. The quantitative estimate of drug-likeness (QED) is 0.672. The number of halogens is 1. The van der Waals surface area contributed by atoms with Gasteiger partial charge in [0.15, 0.2) is 0 Å². The Bertz CT molecular complexity index is 416. The van der Waals surface area contributed by atoms with Gasteiger partial charge in [-0.05, 0) is 63.3 Å². The third kappa shape index (κ3) is 6.01. The molecular weight excluding hydrogens is 258 g/mol. The van der Waals surface area contributed by atoms with Crippen LogP contribution in [0.5, 0.6) is 0 Å². The van der Waals surface area contributed by atoms with Crippen LogP contribution in [0.4, 0.5) is 4.39 Å². The highest BCUT2D eigenvalue weighted by atomic mass is 19.1. The molecule has 112 valence electrons. The Morgan fingerprint density at radius 2 is 1.85 bits per heavy atom. The number of hydrogen-bond acceptors (Lipinski definition) is 4. The Hall–Kier alpha value is -0.945. The minimum atomic E-state index is -1.63. The van der Waals surface area contributed by atoms with E-state index >= 15 is 0 Å². The fourth-order valence-electron chi connectivity index (χ4n) is 2.13. The van der Waals surface area contributed by atoms with Crippen LogP contribution < -0.4 is 5.46 Å². The summed E-state index contributed by atoms with van der Waals surface area (Å²) in [6.45, 7) is 5.50. The van der Waals surface area contributed by atoms with Gasteiger partial charge in [-0.1, -0.05) is 13.0 Å². The third-order valence-corrected chi connectivity index (χ3v) is 3.21. The number of benzene rings is 1. The molecule has 1 aromatic rings. The van der Waals surface area contributed by atoms with Gasteiger partial charge in [0.1, 0.15) is 5.82 Å². The van der Waals surface area contributed by atoms with Gasteiger partial charge in [0.25, 0.3) is 0 Å². The molecule has 0 saturated carbocycles. The van der Waals surface area contributed by atoms with E-state index in [9.17, 15) is 4.39 Å². The molecule has 4 nitrogen and oxygen atoms in total. The molecule has 20 heavy (non-hydrogen) atoms. The van der Waals surface area contributed by atoms with Gasteiger partial charge in [0.05, 0.1) is 0 Å². The van der Waals surface area contributed by atoms with Crippen LogP contribution in [0.3, 0.4) is 0 Å². The van der Waals surface area contributed by atoms with Crippen LogP contribution in [0.25, 0.3) is 0 Å². The molecule has 0 amide bonds. The highest BCUT2D eigenvalue weighted by Crippen LogP contribution is 2.07. The summed E-state index contributed by atoms with van der Waals surface area (Å²) in [4.78, 5) is 4.35. The zero-order valence-electron chi connectivity index (χ0n) is 12.5. The van der Waals surface area contributed by atoms with Crippen LogP contribution in [0.1, 0.15) is 18.9 Å². The summed E-state index contributed by atoms with van der Waals surface area (Å²) in [5, 5.41) is 18.3. The van der Waals surface area contributed by atoms with E-state index in [1.807, 2.05) is 14.1 Å². The van der Waals surface area contributed by atoms with Gasteiger partial charge in [-0.3, -0.25) is 4.90 Å². The molecule has 0 atom stereocenters. The SMILES string of the molecule is CCN(CCCN(C)C)Cc1cc(F)cc(B(O)O)c1. The lowest BCUT2D eigenvalue weighted by Gasteiger charge is -2.22. The second kappa shape index (κ2) is 8.37. The molecule has 0 saturated heterocycles. The molecule has 0 aromatic heterocycles. The summed E-state index contributed by atoms with van der Waals surface area (Å²) in [7, 11) is 2.45. The van der Waals surface area contributed by atoms with Crippen molar-refractivity contribution in [3.8, 4) is 0 Å². The van der Waals surface area contributed by atoms with Crippen molar-refractivity contribution >= 4 is 12.6 Å². The van der Waals surface area contributed by atoms with Gasteiger partial charge in [-0.2, -0.15) is 0 Å². The maximum Gasteiger partial charge on any atom is 0.488 e. The Morgan fingerprint density at radius 1 is 1.15 bits per heavy atom. The van der Waals surface area contributed by atoms with Crippen LogP contribution in [-0.4, -0.2) is 60.7 Å². The fourth-order valence-corrected chi connectivity index (χ4v) is 2.13. The van der Waals surface area contributed by atoms with E-state index in [1.54, 1.807) is 6.07 Å². The minimum absolute atomic E-state index is 0.198. The highest BCUT2D eigenvalue weighted by molar-refractivity contribution is 6.58. The predicted octanol–water partition coefficient (Wildman–Crippen LogP) is 0.279. The molecule has 0 fully saturated rings. The summed E-state index contributed by atoms with van der Waals surface area (Å²) < 4.78 is 13.5. The van der Waals surface area contributed by atoms with Gasteiger partial charge >= 0.3 is 7.12 Å². The van der Waals surface area contributed by atoms with Crippen molar-refractivity contribution in [3.05, 3.63) is 29.6 Å². The largest absolute Gasteiger partial charge is 0.488 e. The molecule has 0 aliphatic heterocycles. The van der Waals surface area contributed by atoms with Crippen LogP contribution in [-0.2, 0) is 6.54 Å². The van der Waals surface area contributed by atoms with Gasteiger partial charge in [0, 0.05) is 6.54 Å². The summed E-state index contributed by atoms with van der Waals surface area (Å²) in [5.41, 5.74) is 0.962. The number of rotatable bonds is 8. The first-order valence-electron chi connectivity index (χ1n) is 6.95. The van der Waals surface area contributed by atoms with Crippen molar-refractivity contribution in [1.29, 1.82) is 0 Å². The van der Waals surface area contributed by atoms with Crippen molar-refractivity contribution in [3.63, 3.8) is 0 Å². The van der Waals surface area contributed by atoms with Crippen LogP contribution in [0.2, 0.25) is 0 Å². The Balaban J connectivity index is 2.64. The van der Waals surface area contributed by atoms with E-state index in [0.29, 0.717) is 6.54 Å². The standard InChI is InChI=1S/C14H24BFN2O2/c1-4-18(7-5-6-17(2)3)11-12-8-13(15(19)20)10-14(16)9-12/h8-10,19-20H,4-7,11H2,1-3H3. The smallest absolute Gasteiger partial charge is 0.423 e. The summed E-state index contributed by atoms with van der Waals surface area (Å²) in [6.07, 6.45) is 1.05. The number of hydrogen-bond donors (Lipinski definition) is 2. The monoisotopic (exact) mass is 282 g/mol. The predicted molar refractivity (Wildman–Crippen MR) is 80.3 cm³/mol. The second-order valence-electron chi connectivity index (χ2n) is 5.29. The maximum absolute atomic E-state index is 13.5. The van der Waals surface area contributed by atoms with E-state index in [4.69, 9.17) is 10.0 Å². The topological polar surface area (TPSA) is 46.9 Å². The summed E-state index contributed by atoms with van der Waals surface area (Å²) in [6, 6.07) is 4.24. The molecule has 0 aliphatic rings. The lowest BCUT2D eigenvalue weighted by molar-refractivity contribution is 0.259. The normalized spacial score (nSPS) is 11.4. The Kier molecular flexibility index (Phi) is 7.16. The van der Waals surface area contributed by atoms with Crippen molar-refractivity contribution in [2.75, 3.05) is 33.7 Å². The average molecular weight is 282 g/mol. The van der Waals surface area contributed by atoms with Gasteiger partial charge in [0.2, 0.25) is 0 Å². The highest BCUT2D eigenvalue weighted by Gasteiger charge is 2.14. The van der Waals surface area contributed by atoms with Crippen molar-refractivity contribution < 1.29 is 14.4 Å². The minimum Gasteiger partial charge on any atom is -0.423 e. The molecule has 1 rings (SSSR count). The molecule has 0 unspecified atom stereocenters. The fraction of sp³-hybridized carbons (Fsp3) is 0.571. The maximum atomic E-state index is 13.5. The van der Waals surface area contributed by atoms with Gasteiger partial charge in [-0.15, -0.1) is 0 Å². The lowest BCUT2D eigenvalue weighted by Crippen LogP contribution is -2.32. The molecule has 6 heteroatoms. The van der Waals surface area contributed by atoms with Crippen LogP contribution in [0.15, 0.2) is 18.2 Å². The molecule has 2 N–H and O–H groups in total. The van der Waals surface area contributed by atoms with Crippen molar-refractivity contribution in [2.24, 2.45) is 0 Å².